The summed E-state index contributed by atoms with van der Waals surface area (Å²) in [6.07, 6.45) is 51.3. The van der Waals surface area contributed by atoms with Crippen LogP contribution in [-0.4, -0.2) is 37.2 Å². The van der Waals surface area contributed by atoms with Gasteiger partial charge < -0.3 is 14.2 Å². The molecule has 0 spiro atoms. The van der Waals surface area contributed by atoms with Gasteiger partial charge in [-0.3, -0.25) is 14.4 Å². The first-order chi connectivity index (χ1) is 28.5. The lowest BCUT2D eigenvalue weighted by Crippen LogP contribution is -2.30. The van der Waals surface area contributed by atoms with Crippen LogP contribution in [-0.2, 0) is 28.6 Å². The first kappa shape index (κ1) is 56.4. The Hall–Kier alpha value is -1.59. The third-order valence-corrected chi connectivity index (χ3v) is 11.9. The molecule has 1 atom stereocenters. The zero-order valence-corrected chi connectivity index (χ0v) is 39.3. The largest absolute Gasteiger partial charge is 0.462 e. The molecular weight excluding hydrogens is 721 g/mol. The number of carbonyl (C=O) groups excluding carboxylic acids is 3. The summed E-state index contributed by atoms with van der Waals surface area (Å²) in [6.45, 7) is 6.60. The van der Waals surface area contributed by atoms with Gasteiger partial charge in [-0.25, -0.2) is 0 Å². The third kappa shape index (κ3) is 45.5. The molecule has 0 saturated heterocycles. The second-order valence-corrected chi connectivity index (χ2v) is 17.8. The van der Waals surface area contributed by atoms with Crippen molar-refractivity contribution in [3.8, 4) is 0 Å². The van der Waals surface area contributed by atoms with Crippen LogP contribution in [0.15, 0.2) is 0 Å². The van der Waals surface area contributed by atoms with E-state index in [1.165, 1.54) is 193 Å². The lowest BCUT2D eigenvalue weighted by molar-refractivity contribution is -0.167. The molecule has 0 N–H and O–H groups in total. The Morgan fingerprint density at radius 3 is 0.690 bits per heavy atom. The highest BCUT2D eigenvalue weighted by atomic mass is 16.6. The number of hydrogen-bond acceptors (Lipinski definition) is 6. The quantitative estimate of drug-likeness (QED) is 0.0346. The standard InChI is InChI=1S/C52H100O6/c1-4-7-10-13-15-17-19-21-23-24-25-26-27-29-30-32-34-36-39-42-45-51(54)57-48-49(47-56-50(53)44-41-38-12-9-6-3)58-52(55)46-43-40-37-35-33-31-28-22-20-18-16-14-11-8-5-2/h49H,4-48H2,1-3H3. The Balaban J connectivity index is 4.07. The van der Waals surface area contributed by atoms with E-state index in [4.69, 9.17) is 14.2 Å². The predicted octanol–water partition coefficient (Wildman–Crippen LogP) is 16.8. The molecule has 0 heterocycles. The third-order valence-electron chi connectivity index (χ3n) is 11.9. The van der Waals surface area contributed by atoms with Gasteiger partial charge in [0, 0.05) is 19.3 Å². The van der Waals surface area contributed by atoms with Crippen LogP contribution >= 0.6 is 0 Å². The van der Waals surface area contributed by atoms with Crippen LogP contribution in [0.25, 0.3) is 0 Å². The second-order valence-electron chi connectivity index (χ2n) is 17.8. The van der Waals surface area contributed by atoms with E-state index in [9.17, 15) is 14.4 Å². The molecule has 0 aromatic rings. The summed E-state index contributed by atoms with van der Waals surface area (Å²) in [5.74, 6) is -0.857. The van der Waals surface area contributed by atoms with Crippen LogP contribution in [0.2, 0.25) is 0 Å². The maximum Gasteiger partial charge on any atom is 0.306 e. The molecule has 344 valence electrons. The minimum Gasteiger partial charge on any atom is -0.462 e. The molecule has 0 aliphatic heterocycles. The molecule has 0 rings (SSSR count). The Kier molecular flexibility index (Phi) is 46.8. The first-order valence-electron chi connectivity index (χ1n) is 26.0. The van der Waals surface area contributed by atoms with Gasteiger partial charge in [-0.05, 0) is 19.3 Å². The molecule has 0 saturated carbocycles. The molecule has 0 aromatic heterocycles. The van der Waals surface area contributed by atoms with Gasteiger partial charge in [0.05, 0.1) is 0 Å². The minimum absolute atomic E-state index is 0.0631. The molecule has 6 heteroatoms. The van der Waals surface area contributed by atoms with Crippen molar-refractivity contribution in [1.29, 1.82) is 0 Å². The van der Waals surface area contributed by atoms with Crippen molar-refractivity contribution in [3.63, 3.8) is 0 Å². The molecule has 58 heavy (non-hydrogen) atoms. The maximum atomic E-state index is 12.7. The summed E-state index contributed by atoms with van der Waals surface area (Å²) in [6, 6.07) is 0. The second kappa shape index (κ2) is 48.1. The smallest absolute Gasteiger partial charge is 0.306 e. The highest BCUT2D eigenvalue weighted by molar-refractivity contribution is 5.71. The van der Waals surface area contributed by atoms with Gasteiger partial charge in [0.15, 0.2) is 6.10 Å². The van der Waals surface area contributed by atoms with Crippen molar-refractivity contribution in [3.05, 3.63) is 0 Å². The van der Waals surface area contributed by atoms with Gasteiger partial charge >= 0.3 is 17.9 Å². The average molecular weight is 821 g/mol. The summed E-state index contributed by atoms with van der Waals surface area (Å²) in [5.41, 5.74) is 0. The van der Waals surface area contributed by atoms with Crippen molar-refractivity contribution in [2.45, 2.75) is 303 Å². The number of hydrogen-bond donors (Lipinski definition) is 0. The Labute approximate surface area is 361 Å². The van der Waals surface area contributed by atoms with E-state index in [1.807, 2.05) is 0 Å². The summed E-state index contributed by atoms with van der Waals surface area (Å²) < 4.78 is 16.7. The van der Waals surface area contributed by atoms with Crippen molar-refractivity contribution in [1.82, 2.24) is 0 Å². The summed E-state index contributed by atoms with van der Waals surface area (Å²) in [4.78, 5) is 37.6. The SMILES string of the molecule is CCCCCCCCCCCCCCCCCCCCCCC(=O)OCC(COC(=O)CCCCCCC)OC(=O)CCCCCCCCCCCCCCCCC. The summed E-state index contributed by atoms with van der Waals surface area (Å²) in [5, 5.41) is 0. The van der Waals surface area contributed by atoms with Crippen LogP contribution < -0.4 is 0 Å². The van der Waals surface area contributed by atoms with Crippen LogP contribution in [0.3, 0.4) is 0 Å². The Morgan fingerprint density at radius 2 is 0.466 bits per heavy atom. The average Bonchev–Trinajstić information content (AvgIpc) is 3.22. The normalized spacial score (nSPS) is 11.8. The van der Waals surface area contributed by atoms with Crippen LogP contribution in [0, 0.1) is 0 Å². The Bertz CT molecular complexity index is 859. The first-order valence-corrected chi connectivity index (χ1v) is 26.0. The molecule has 1 unspecified atom stereocenters. The fourth-order valence-electron chi connectivity index (χ4n) is 7.92. The van der Waals surface area contributed by atoms with E-state index in [-0.39, 0.29) is 31.1 Å². The fourth-order valence-corrected chi connectivity index (χ4v) is 7.92. The van der Waals surface area contributed by atoms with Crippen LogP contribution in [0.1, 0.15) is 297 Å². The molecule has 0 aromatic carbocycles. The molecule has 0 bridgehead atoms. The summed E-state index contributed by atoms with van der Waals surface area (Å²) in [7, 11) is 0. The molecule has 6 nitrogen and oxygen atoms in total. The van der Waals surface area contributed by atoms with E-state index in [0.717, 1.165) is 64.2 Å². The van der Waals surface area contributed by atoms with E-state index in [2.05, 4.69) is 20.8 Å². The van der Waals surface area contributed by atoms with Gasteiger partial charge in [0.1, 0.15) is 13.2 Å². The lowest BCUT2D eigenvalue weighted by Gasteiger charge is -2.18. The van der Waals surface area contributed by atoms with Crippen molar-refractivity contribution in [2.24, 2.45) is 0 Å². The predicted molar refractivity (Wildman–Crippen MR) is 247 cm³/mol. The van der Waals surface area contributed by atoms with Gasteiger partial charge in [0.25, 0.3) is 0 Å². The molecular formula is C52H100O6. The van der Waals surface area contributed by atoms with Crippen molar-refractivity contribution in [2.75, 3.05) is 13.2 Å². The zero-order chi connectivity index (χ0) is 42.3. The monoisotopic (exact) mass is 821 g/mol. The van der Waals surface area contributed by atoms with Gasteiger partial charge in [0.2, 0.25) is 0 Å². The summed E-state index contributed by atoms with van der Waals surface area (Å²) >= 11 is 0. The van der Waals surface area contributed by atoms with Crippen LogP contribution in [0.5, 0.6) is 0 Å². The molecule has 0 aliphatic carbocycles. The molecule has 0 fully saturated rings. The highest BCUT2D eigenvalue weighted by Gasteiger charge is 2.19. The molecule has 0 radical (unpaired) electrons. The van der Waals surface area contributed by atoms with E-state index >= 15 is 0 Å². The maximum absolute atomic E-state index is 12.7. The van der Waals surface area contributed by atoms with Crippen molar-refractivity contribution < 1.29 is 28.6 Å². The van der Waals surface area contributed by atoms with Crippen LogP contribution in [0.4, 0.5) is 0 Å². The highest BCUT2D eigenvalue weighted by Crippen LogP contribution is 2.17. The Morgan fingerprint density at radius 1 is 0.276 bits per heavy atom. The molecule has 0 aliphatic rings. The van der Waals surface area contributed by atoms with E-state index in [0.29, 0.717) is 19.3 Å². The lowest BCUT2D eigenvalue weighted by atomic mass is 10.0. The van der Waals surface area contributed by atoms with Gasteiger partial charge in [-0.15, -0.1) is 0 Å². The van der Waals surface area contributed by atoms with Crippen molar-refractivity contribution >= 4 is 17.9 Å². The minimum atomic E-state index is -0.758. The number of unbranched alkanes of at least 4 members (excludes halogenated alkanes) is 37. The van der Waals surface area contributed by atoms with Gasteiger partial charge in [-0.2, -0.15) is 0 Å². The van der Waals surface area contributed by atoms with Gasteiger partial charge in [-0.1, -0.05) is 258 Å². The van der Waals surface area contributed by atoms with E-state index in [1.54, 1.807) is 0 Å². The number of esters is 3. The topological polar surface area (TPSA) is 78.9 Å². The number of ether oxygens (including phenoxy) is 3. The zero-order valence-electron chi connectivity index (χ0n) is 39.3. The number of rotatable bonds is 48. The molecule has 0 amide bonds. The number of carbonyl (C=O) groups is 3. The fraction of sp³-hybridized carbons (Fsp3) is 0.942. The van der Waals surface area contributed by atoms with E-state index < -0.39 is 6.10 Å².